The Balaban J connectivity index is 1.76. The van der Waals surface area contributed by atoms with Crippen LogP contribution in [0.25, 0.3) is 0 Å². The van der Waals surface area contributed by atoms with Crippen molar-refractivity contribution in [1.29, 1.82) is 0 Å². The third-order valence-electron chi connectivity index (χ3n) is 2.73. The number of aromatic nitrogens is 2. The van der Waals surface area contributed by atoms with E-state index in [2.05, 4.69) is 17.2 Å². The summed E-state index contributed by atoms with van der Waals surface area (Å²) in [6.07, 6.45) is 3.48. The molecule has 0 aliphatic rings. The molecule has 1 heterocycles. The van der Waals surface area contributed by atoms with E-state index >= 15 is 0 Å². The topological polar surface area (TPSA) is 27.1 Å². The molecule has 93 valence electrons. The van der Waals surface area contributed by atoms with Gasteiger partial charge in [-0.3, -0.25) is 4.68 Å². The van der Waals surface area contributed by atoms with Crippen LogP contribution in [0.5, 0.6) is 11.5 Å². The molecule has 1 radical (unpaired) electrons. The van der Waals surface area contributed by atoms with Gasteiger partial charge in [-0.15, -0.1) is 0 Å². The molecule has 0 fully saturated rings. The maximum atomic E-state index is 5.80. The fourth-order valence-electron chi connectivity index (χ4n) is 1.87. The minimum Gasteiger partial charge on any atom is -0.457 e. The lowest BCUT2D eigenvalue weighted by molar-refractivity contribution is 0.481. The Bertz CT molecular complexity index is 633. The molecule has 0 saturated carbocycles. The Hall–Kier alpha value is -2.55. The van der Waals surface area contributed by atoms with Gasteiger partial charge in [-0.2, -0.15) is 5.10 Å². The molecule has 3 nitrogen and oxygen atoms in total. The van der Waals surface area contributed by atoms with Crippen molar-refractivity contribution >= 4 is 0 Å². The minimum atomic E-state index is 0.718. The van der Waals surface area contributed by atoms with Crippen LogP contribution in [0.1, 0.15) is 5.56 Å². The van der Waals surface area contributed by atoms with Crippen LogP contribution in [0.4, 0.5) is 0 Å². The molecule has 0 atom stereocenters. The quantitative estimate of drug-likeness (QED) is 0.707. The van der Waals surface area contributed by atoms with Crippen LogP contribution in [-0.4, -0.2) is 9.78 Å². The molecule has 19 heavy (non-hydrogen) atoms. The van der Waals surface area contributed by atoms with Crippen LogP contribution in [-0.2, 0) is 6.54 Å². The highest BCUT2D eigenvalue weighted by atomic mass is 16.5. The Morgan fingerprint density at radius 2 is 1.84 bits per heavy atom. The van der Waals surface area contributed by atoms with E-state index in [0.717, 1.165) is 23.6 Å². The number of ether oxygens (including phenoxy) is 1. The van der Waals surface area contributed by atoms with E-state index in [1.54, 1.807) is 6.20 Å². The van der Waals surface area contributed by atoms with Gasteiger partial charge >= 0.3 is 0 Å². The van der Waals surface area contributed by atoms with Gasteiger partial charge in [0.1, 0.15) is 11.5 Å². The third-order valence-corrected chi connectivity index (χ3v) is 2.73. The van der Waals surface area contributed by atoms with Crippen LogP contribution in [0, 0.1) is 6.07 Å². The predicted octanol–water partition coefficient (Wildman–Crippen LogP) is 3.52. The van der Waals surface area contributed by atoms with E-state index in [9.17, 15) is 0 Å². The van der Waals surface area contributed by atoms with Crippen molar-refractivity contribution < 1.29 is 4.74 Å². The molecule has 0 saturated heterocycles. The summed E-state index contributed by atoms with van der Waals surface area (Å²) in [6, 6.07) is 20.7. The van der Waals surface area contributed by atoms with Crippen molar-refractivity contribution in [3.05, 3.63) is 78.6 Å². The van der Waals surface area contributed by atoms with Crippen LogP contribution < -0.4 is 4.74 Å². The fraction of sp³-hybridized carbons (Fsp3) is 0.0625. The van der Waals surface area contributed by atoms with Crippen molar-refractivity contribution in [3.8, 4) is 11.5 Å². The first-order valence-corrected chi connectivity index (χ1v) is 6.10. The van der Waals surface area contributed by atoms with Crippen LogP contribution in [0.2, 0.25) is 0 Å². The molecule has 0 bridgehead atoms. The molecule has 2 aromatic carbocycles. The van der Waals surface area contributed by atoms with Crippen molar-refractivity contribution in [2.24, 2.45) is 0 Å². The van der Waals surface area contributed by atoms with Gasteiger partial charge in [0, 0.05) is 12.3 Å². The molecule has 0 aliphatic heterocycles. The maximum absolute atomic E-state index is 5.80. The van der Waals surface area contributed by atoms with Gasteiger partial charge in [0.15, 0.2) is 0 Å². The molecule has 0 N–H and O–H groups in total. The lowest BCUT2D eigenvalue weighted by atomic mass is 10.2. The van der Waals surface area contributed by atoms with Gasteiger partial charge in [-0.05, 0) is 29.8 Å². The Morgan fingerprint density at radius 1 is 1.00 bits per heavy atom. The predicted molar refractivity (Wildman–Crippen MR) is 73.1 cm³/mol. The molecular formula is C16H13N2O. The number of rotatable bonds is 4. The smallest absolute Gasteiger partial charge is 0.127 e. The van der Waals surface area contributed by atoms with Gasteiger partial charge in [-0.25, -0.2) is 0 Å². The minimum absolute atomic E-state index is 0.718. The van der Waals surface area contributed by atoms with Gasteiger partial charge in [0.2, 0.25) is 0 Å². The molecule has 0 unspecified atom stereocenters. The Labute approximate surface area is 112 Å². The second-order valence-electron chi connectivity index (χ2n) is 4.20. The first-order valence-electron chi connectivity index (χ1n) is 6.10. The normalized spacial score (nSPS) is 10.3. The van der Waals surface area contributed by atoms with Crippen LogP contribution in [0.15, 0.2) is 67.0 Å². The first-order chi connectivity index (χ1) is 9.40. The molecule has 3 rings (SSSR count). The summed E-state index contributed by atoms with van der Waals surface area (Å²) >= 11 is 0. The summed E-state index contributed by atoms with van der Waals surface area (Å²) in [5, 5.41) is 4.15. The fourth-order valence-corrected chi connectivity index (χ4v) is 1.87. The molecule has 0 aliphatic carbocycles. The number of benzene rings is 2. The molecule has 3 heteroatoms. The highest BCUT2D eigenvalue weighted by Crippen LogP contribution is 2.21. The van der Waals surface area contributed by atoms with Gasteiger partial charge in [0.25, 0.3) is 0 Å². The van der Waals surface area contributed by atoms with E-state index in [1.165, 1.54) is 0 Å². The number of para-hydroxylation sites is 1. The summed E-state index contributed by atoms with van der Waals surface area (Å²) in [4.78, 5) is 0. The summed E-state index contributed by atoms with van der Waals surface area (Å²) in [6.45, 7) is 0.718. The van der Waals surface area contributed by atoms with Crippen molar-refractivity contribution in [1.82, 2.24) is 9.78 Å². The van der Waals surface area contributed by atoms with Crippen molar-refractivity contribution in [2.45, 2.75) is 6.54 Å². The van der Waals surface area contributed by atoms with Crippen LogP contribution in [0.3, 0.4) is 0 Å². The highest BCUT2D eigenvalue weighted by molar-refractivity contribution is 5.33. The van der Waals surface area contributed by atoms with Crippen molar-refractivity contribution in [3.63, 3.8) is 0 Å². The van der Waals surface area contributed by atoms with Crippen LogP contribution >= 0.6 is 0 Å². The number of nitrogens with zero attached hydrogens (tertiary/aromatic N) is 2. The third kappa shape index (κ3) is 3.01. The average molecular weight is 249 g/mol. The van der Waals surface area contributed by atoms with E-state index in [-0.39, 0.29) is 0 Å². The summed E-state index contributed by atoms with van der Waals surface area (Å²) in [5.41, 5.74) is 1.14. The molecular weight excluding hydrogens is 236 g/mol. The van der Waals surface area contributed by atoms with E-state index in [0.29, 0.717) is 0 Å². The SMILES string of the molecule is [c]1cnn(Cc2cccc(Oc3ccccc3)c2)c1. The average Bonchev–Trinajstić information content (AvgIpc) is 2.93. The second kappa shape index (κ2) is 5.40. The second-order valence-corrected chi connectivity index (χ2v) is 4.20. The molecule has 1 aromatic heterocycles. The molecule has 0 spiro atoms. The van der Waals surface area contributed by atoms with Gasteiger partial charge < -0.3 is 4.74 Å². The Kier molecular flexibility index (Phi) is 3.28. The van der Waals surface area contributed by atoms with Crippen molar-refractivity contribution in [2.75, 3.05) is 0 Å². The number of hydrogen-bond acceptors (Lipinski definition) is 2. The van der Waals surface area contributed by atoms with E-state index in [4.69, 9.17) is 4.74 Å². The zero-order chi connectivity index (χ0) is 12.9. The van der Waals surface area contributed by atoms with E-state index < -0.39 is 0 Å². The number of hydrogen-bond donors (Lipinski definition) is 0. The lowest BCUT2D eigenvalue weighted by Gasteiger charge is -2.07. The highest BCUT2D eigenvalue weighted by Gasteiger charge is 2.00. The summed E-state index contributed by atoms with van der Waals surface area (Å²) in [5.74, 6) is 1.67. The van der Waals surface area contributed by atoms with Gasteiger partial charge in [-0.1, -0.05) is 30.3 Å². The largest absolute Gasteiger partial charge is 0.457 e. The zero-order valence-electron chi connectivity index (χ0n) is 10.4. The zero-order valence-corrected chi connectivity index (χ0v) is 10.4. The monoisotopic (exact) mass is 249 g/mol. The first kappa shape index (κ1) is 11.5. The molecule has 0 amide bonds. The standard InChI is InChI=1S/C16H13N2O/c1-2-7-15(8-3-1)19-16-9-4-6-14(12-16)13-18-11-5-10-17-18/h1-4,6-12H,13H2. The Morgan fingerprint density at radius 3 is 2.63 bits per heavy atom. The van der Waals surface area contributed by atoms with E-state index in [1.807, 2.05) is 59.4 Å². The summed E-state index contributed by atoms with van der Waals surface area (Å²) < 4.78 is 7.64. The lowest BCUT2D eigenvalue weighted by Crippen LogP contribution is -1.99. The summed E-state index contributed by atoms with van der Waals surface area (Å²) in [7, 11) is 0. The maximum Gasteiger partial charge on any atom is 0.127 e. The van der Waals surface area contributed by atoms with Gasteiger partial charge in [0.05, 0.1) is 12.7 Å². The molecule has 3 aromatic rings.